The Morgan fingerprint density at radius 3 is 1.42 bits per heavy atom. The van der Waals surface area contributed by atoms with Gasteiger partial charge in [-0.3, -0.25) is 0 Å². The maximum absolute atomic E-state index is 2.51. The lowest BCUT2D eigenvalue weighted by atomic mass is 9.81. The van der Waals surface area contributed by atoms with Crippen molar-refractivity contribution in [3.8, 4) is 61.3 Å². The van der Waals surface area contributed by atoms with Gasteiger partial charge >= 0.3 is 0 Å². The highest BCUT2D eigenvalue weighted by Gasteiger charge is 2.38. The van der Waals surface area contributed by atoms with Crippen molar-refractivity contribution in [3.05, 3.63) is 277 Å². The molecule has 368 valence electrons. The van der Waals surface area contributed by atoms with Crippen LogP contribution in [0.4, 0.5) is 17.1 Å². The summed E-state index contributed by atoms with van der Waals surface area (Å²) < 4.78 is 2.51. The highest BCUT2D eigenvalue weighted by molar-refractivity contribution is 6.33. The number of hydrogen-bond donors (Lipinski definition) is 0. The van der Waals surface area contributed by atoms with Crippen LogP contribution < -0.4 is 4.90 Å². The van der Waals surface area contributed by atoms with Gasteiger partial charge in [-0.1, -0.05) is 216 Å². The highest BCUT2D eigenvalue weighted by Crippen LogP contribution is 2.54. The van der Waals surface area contributed by atoms with Gasteiger partial charge in [0.1, 0.15) is 0 Å². The molecular weight excluding hydrogens is 941 g/mol. The number of anilines is 3. The highest BCUT2D eigenvalue weighted by atomic mass is 15.1. The number of nitrogens with zero attached hydrogens (tertiary/aromatic N) is 2. The molecule has 0 unspecified atom stereocenters. The fraction of sp³-hybridized carbons (Fsp3) is 0.0789. The Labute approximate surface area is 455 Å². The molecule has 14 aromatic rings. The first-order valence-corrected chi connectivity index (χ1v) is 27.5. The lowest BCUT2D eigenvalue weighted by Gasteiger charge is -2.30. The van der Waals surface area contributed by atoms with Crippen molar-refractivity contribution < 1.29 is 0 Å². The van der Waals surface area contributed by atoms with Crippen molar-refractivity contribution in [1.29, 1.82) is 0 Å². The van der Waals surface area contributed by atoms with Crippen LogP contribution >= 0.6 is 0 Å². The minimum absolute atomic E-state index is 0.124. The zero-order valence-electron chi connectivity index (χ0n) is 44.1. The predicted molar refractivity (Wildman–Crippen MR) is 331 cm³/mol. The van der Waals surface area contributed by atoms with Crippen LogP contribution in [0.3, 0.4) is 0 Å². The molecule has 0 amide bonds. The van der Waals surface area contributed by atoms with Gasteiger partial charge in [-0.25, -0.2) is 0 Å². The van der Waals surface area contributed by atoms with Crippen molar-refractivity contribution in [2.24, 2.45) is 0 Å². The first-order valence-electron chi connectivity index (χ1n) is 27.5. The average molecular weight is 995 g/mol. The van der Waals surface area contributed by atoms with Gasteiger partial charge in [0.2, 0.25) is 0 Å². The van der Waals surface area contributed by atoms with Gasteiger partial charge in [0.15, 0.2) is 0 Å². The molecule has 0 bridgehead atoms. The summed E-state index contributed by atoms with van der Waals surface area (Å²) in [5.41, 5.74) is 24.6. The third-order valence-electron chi connectivity index (χ3n) is 17.9. The van der Waals surface area contributed by atoms with Crippen LogP contribution in [0.1, 0.15) is 49.9 Å². The van der Waals surface area contributed by atoms with Crippen LogP contribution in [0.25, 0.3) is 115 Å². The summed E-state index contributed by atoms with van der Waals surface area (Å²) in [5, 5.41) is 10.4. The normalized spacial score (nSPS) is 13.8. The summed E-state index contributed by atoms with van der Waals surface area (Å²) in [7, 11) is 0. The molecule has 1 heterocycles. The molecule has 2 aliphatic carbocycles. The molecule has 0 fully saturated rings. The summed E-state index contributed by atoms with van der Waals surface area (Å²) in [5.74, 6) is 0. The Hall–Kier alpha value is -9.50. The third-order valence-corrected chi connectivity index (χ3v) is 17.9. The largest absolute Gasteiger partial charge is 0.310 e. The second-order valence-corrected chi connectivity index (χ2v) is 22.9. The second-order valence-electron chi connectivity index (χ2n) is 22.9. The van der Waals surface area contributed by atoms with Gasteiger partial charge < -0.3 is 9.47 Å². The maximum atomic E-state index is 2.51. The Morgan fingerprint density at radius 1 is 0.282 bits per heavy atom. The Morgan fingerprint density at radius 2 is 0.756 bits per heavy atom. The monoisotopic (exact) mass is 994 g/mol. The second kappa shape index (κ2) is 16.5. The molecule has 78 heavy (non-hydrogen) atoms. The Balaban J connectivity index is 0.824. The number of aromatic nitrogens is 1. The predicted octanol–water partition coefficient (Wildman–Crippen LogP) is 20.8. The van der Waals surface area contributed by atoms with Crippen molar-refractivity contribution >= 4 is 71.2 Å². The molecule has 0 radical (unpaired) electrons. The van der Waals surface area contributed by atoms with E-state index in [-0.39, 0.29) is 10.8 Å². The molecular formula is C76H54N2. The number of fused-ring (bicyclic) bond motifs is 10. The van der Waals surface area contributed by atoms with Crippen LogP contribution in [0.5, 0.6) is 0 Å². The van der Waals surface area contributed by atoms with E-state index in [1.165, 1.54) is 132 Å². The van der Waals surface area contributed by atoms with Gasteiger partial charge in [0.25, 0.3) is 0 Å². The standard InChI is InChI=1S/C76H54N2/c1-75(2)66-21-12-11-20-60(66)62-40-35-58(45-68(62)75)77(56-31-24-49(25-32-56)47-14-7-5-8-15-47)59-36-41-63-61-37-29-53(42-67(61)76(3,4)69(63)46-59)54-30-38-64-70(43-54)78(57-33-26-50(27-34-57)48-16-9-6-10-17-48)71-44-55-23-22-51-18-13-19-52-28-39-65(74(64)71)73(55)72(51)52/h5-46H,1-4H3. The average Bonchev–Trinajstić information content (AvgIpc) is 3.96. The van der Waals surface area contributed by atoms with Crippen molar-refractivity contribution in [2.75, 3.05) is 4.90 Å². The summed E-state index contributed by atoms with van der Waals surface area (Å²) in [6.45, 7) is 9.57. The van der Waals surface area contributed by atoms with Gasteiger partial charge in [0, 0.05) is 44.4 Å². The third kappa shape index (κ3) is 6.50. The zero-order chi connectivity index (χ0) is 52.0. The minimum Gasteiger partial charge on any atom is -0.310 e. The van der Waals surface area contributed by atoms with E-state index in [1.807, 2.05) is 0 Å². The van der Waals surface area contributed by atoms with Crippen LogP contribution in [-0.2, 0) is 10.8 Å². The van der Waals surface area contributed by atoms with Crippen LogP contribution in [0.15, 0.2) is 255 Å². The minimum atomic E-state index is -0.267. The molecule has 1 aromatic heterocycles. The summed E-state index contributed by atoms with van der Waals surface area (Å²) in [4.78, 5) is 2.47. The van der Waals surface area contributed by atoms with E-state index in [0.717, 1.165) is 22.7 Å². The van der Waals surface area contributed by atoms with Crippen LogP contribution in [0, 0.1) is 0 Å². The quantitative estimate of drug-likeness (QED) is 0.145. The first-order chi connectivity index (χ1) is 38.2. The van der Waals surface area contributed by atoms with Gasteiger partial charge in [-0.2, -0.15) is 0 Å². The molecule has 0 aliphatic heterocycles. The lowest BCUT2D eigenvalue weighted by molar-refractivity contribution is 0.660. The number of hydrogen-bond acceptors (Lipinski definition) is 1. The molecule has 0 spiro atoms. The van der Waals surface area contributed by atoms with Crippen molar-refractivity contribution in [2.45, 2.75) is 38.5 Å². The smallest absolute Gasteiger partial charge is 0.0553 e. The summed E-state index contributed by atoms with van der Waals surface area (Å²) >= 11 is 0. The topological polar surface area (TPSA) is 8.17 Å². The van der Waals surface area contributed by atoms with Gasteiger partial charge in [-0.15, -0.1) is 0 Å². The summed E-state index contributed by atoms with van der Waals surface area (Å²) in [6.07, 6.45) is 0. The summed E-state index contributed by atoms with van der Waals surface area (Å²) in [6, 6.07) is 95.6. The van der Waals surface area contributed by atoms with Crippen LogP contribution in [0.2, 0.25) is 0 Å². The molecule has 13 aromatic carbocycles. The number of rotatable bonds is 7. The van der Waals surface area contributed by atoms with Crippen LogP contribution in [-0.4, -0.2) is 4.57 Å². The maximum Gasteiger partial charge on any atom is 0.0553 e. The fourth-order valence-electron chi connectivity index (χ4n) is 14.0. The van der Waals surface area contributed by atoms with Crippen molar-refractivity contribution in [1.82, 2.24) is 4.57 Å². The Bertz CT molecular complexity index is 4730. The first kappa shape index (κ1) is 44.8. The molecule has 2 nitrogen and oxygen atoms in total. The van der Waals surface area contributed by atoms with Gasteiger partial charge in [0.05, 0.1) is 11.0 Å². The lowest BCUT2D eigenvalue weighted by Crippen LogP contribution is -2.18. The number of benzene rings is 13. The molecule has 0 saturated heterocycles. The molecule has 0 N–H and O–H groups in total. The molecule has 0 saturated carbocycles. The molecule has 16 rings (SSSR count). The van der Waals surface area contributed by atoms with E-state index in [0.29, 0.717) is 0 Å². The van der Waals surface area contributed by atoms with E-state index in [2.05, 4.69) is 292 Å². The fourth-order valence-corrected chi connectivity index (χ4v) is 14.0. The van der Waals surface area contributed by atoms with Gasteiger partial charge in [-0.05, 0) is 177 Å². The zero-order valence-corrected chi connectivity index (χ0v) is 44.1. The van der Waals surface area contributed by atoms with E-state index in [4.69, 9.17) is 0 Å². The van der Waals surface area contributed by atoms with Crippen molar-refractivity contribution in [3.63, 3.8) is 0 Å². The molecule has 2 heteroatoms. The van der Waals surface area contributed by atoms with E-state index in [9.17, 15) is 0 Å². The molecule has 2 aliphatic rings. The Kier molecular flexibility index (Phi) is 9.47. The van der Waals surface area contributed by atoms with E-state index in [1.54, 1.807) is 0 Å². The SMILES string of the molecule is CC1(C)c2ccccc2-c2ccc(N(c3ccc(-c4ccccc4)cc3)c3ccc4c(c3)C(C)(C)c3cc(-c5ccc6c7c8ccc9cccc%10ccc(cc7n(-c7ccc(-c%11ccccc%11)cc7)c6c5)c8c%109)ccc3-4)cc21. The van der Waals surface area contributed by atoms with E-state index < -0.39 is 0 Å². The molecule has 0 atom stereocenters. The van der Waals surface area contributed by atoms with E-state index >= 15 is 0 Å².